The van der Waals surface area contributed by atoms with Crippen LogP contribution in [0.15, 0.2) is 24.3 Å². The van der Waals surface area contributed by atoms with Crippen LogP contribution >= 0.6 is 11.3 Å². The number of nitrogens with one attached hydrogen (secondary N) is 1. The lowest BCUT2D eigenvalue weighted by molar-refractivity contribution is -0.144. The highest BCUT2D eigenvalue weighted by Gasteiger charge is 2.35. The van der Waals surface area contributed by atoms with Crippen molar-refractivity contribution in [3.05, 3.63) is 50.7 Å². The van der Waals surface area contributed by atoms with Gasteiger partial charge in [0, 0.05) is 10.3 Å². The first-order chi connectivity index (χ1) is 17.2. The molecular formula is C30H45NO5S. The summed E-state index contributed by atoms with van der Waals surface area (Å²) in [6.07, 6.45) is 1.16. The molecule has 2 rings (SSSR count). The second-order valence-electron chi connectivity index (χ2n) is 11.3. The van der Waals surface area contributed by atoms with Crippen molar-refractivity contribution in [2.75, 3.05) is 13.7 Å². The van der Waals surface area contributed by atoms with Crippen LogP contribution < -0.4 is 10.1 Å². The molecule has 2 N–H and O–H groups in total. The van der Waals surface area contributed by atoms with Gasteiger partial charge in [0.2, 0.25) is 0 Å². The number of esters is 1. The smallest absolute Gasteiger partial charge is 0.328 e. The average molecular weight is 532 g/mol. The van der Waals surface area contributed by atoms with Crippen molar-refractivity contribution >= 4 is 23.2 Å². The Balaban J connectivity index is 2.38. The normalized spacial score (nSPS) is 13.8. The highest BCUT2D eigenvalue weighted by molar-refractivity contribution is 7.14. The topological polar surface area (TPSA) is 84.9 Å². The van der Waals surface area contributed by atoms with Crippen molar-refractivity contribution in [1.82, 2.24) is 5.32 Å². The van der Waals surface area contributed by atoms with E-state index in [2.05, 4.69) is 37.4 Å². The lowest BCUT2D eigenvalue weighted by Gasteiger charge is -2.32. The van der Waals surface area contributed by atoms with Crippen LogP contribution in [0.25, 0.3) is 0 Å². The maximum absolute atomic E-state index is 13.2. The van der Waals surface area contributed by atoms with Gasteiger partial charge in [0.1, 0.15) is 18.4 Å². The van der Waals surface area contributed by atoms with E-state index in [0.29, 0.717) is 4.88 Å². The Morgan fingerprint density at radius 3 is 2.16 bits per heavy atom. The van der Waals surface area contributed by atoms with Crippen LogP contribution in [-0.4, -0.2) is 42.8 Å². The molecule has 0 saturated carbocycles. The molecule has 0 aliphatic heterocycles. The minimum Gasteiger partial charge on any atom is -0.491 e. The zero-order valence-corrected chi connectivity index (χ0v) is 25.0. The second kappa shape index (κ2) is 12.4. The van der Waals surface area contributed by atoms with Crippen LogP contribution in [-0.2, 0) is 14.9 Å². The number of amides is 1. The highest BCUT2D eigenvalue weighted by Crippen LogP contribution is 2.44. The molecule has 0 bridgehead atoms. The van der Waals surface area contributed by atoms with Gasteiger partial charge in [0.05, 0.1) is 18.1 Å². The fourth-order valence-corrected chi connectivity index (χ4v) is 5.88. The molecule has 0 fully saturated rings. The number of hydrogen-bond donors (Lipinski definition) is 2. The van der Waals surface area contributed by atoms with E-state index in [0.717, 1.165) is 34.6 Å². The zero-order valence-electron chi connectivity index (χ0n) is 24.2. The monoisotopic (exact) mass is 531 g/mol. The molecular weight excluding hydrogens is 486 g/mol. The van der Waals surface area contributed by atoms with Crippen LogP contribution in [0, 0.1) is 25.2 Å². The summed E-state index contributed by atoms with van der Waals surface area (Å²) < 4.78 is 10.9. The molecule has 6 nitrogen and oxygen atoms in total. The third kappa shape index (κ3) is 6.94. The van der Waals surface area contributed by atoms with E-state index in [-0.39, 0.29) is 29.3 Å². The maximum Gasteiger partial charge on any atom is 0.328 e. The number of carbonyl (C=O) groups excluding carboxylic acids is 2. The van der Waals surface area contributed by atoms with Gasteiger partial charge in [-0.15, -0.1) is 11.3 Å². The summed E-state index contributed by atoms with van der Waals surface area (Å²) in [5, 5.41) is 13.2. The predicted molar refractivity (Wildman–Crippen MR) is 151 cm³/mol. The van der Waals surface area contributed by atoms with Crippen molar-refractivity contribution in [3.8, 4) is 5.75 Å². The predicted octanol–water partition coefficient (Wildman–Crippen LogP) is 6.18. The Bertz CT molecular complexity index is 1080. The van der Waals surface area contributed by atoms with E-state index in [4.69, 9.17) is 9.47 Å². The van der Waals surface area contributed by atoms with E-state index in [1.54, 1.807) is 0 Å². The van der Waals surface area contributed by atoms with E-state index in [1.807, 2.05) is 54.5 Å². The molecule has 1 heterocycles. The molecule has 1 amide bonds. The Labute approximate surface area is 226 Å². The lowest BCUT2D eigenvalue weighted by Crippen LogP contribution is -2.44. The van der Waals surface area contributed by atoms with Gasteiger partial charge in [0.15, 0.2) is 0 Å². The van der Waals surface area contributed by atoms with E-state index in [9.17, 15) is 14.7 Å². The van der Waals surface area contributed by atoms with Gasteiger partial charge in [-0.2, -0.15) is 0 Å². The number of aliphatic hydroxyl groups is 1. The molecule has 0 aliphatic carbocycles. The molecule has 0 aliphatic rings. The van der Waals surface area contributed by atoms with Crippen molar-refractivity contribution in [1.29, 1.82) is 0 Å². The quantitative estimate of drug-likeness (QED) is 0.338. The van der Waals surface area contributed by atoms with E-state index >= 15 is 0 Å². The van der Waals surface area contributed by atoms with Gasteiger partial charge in [-0.25, -0.2) is 4.79 Å². The van der Waals surface area contributed by atoms with Crippen molar-refractivity contribution in [3.63, 3.8) is 0 Å². The van der Waals surface area contributed by atoms with Crippen LogP contribution in [0.2, 0.25) is 0 Å². The molecule has 7 heteroatoms. The first kappa shape index (κ1) is 30.8. The van der Waals surface area contributed by atoms with Gasteiger partial charge in [-0.05, 0) is 66.8 Å². The maximum atomic E-state index is 13.2. The molecule has 2 atom stereocenters. The van der Waals surface area contributed by atoms with Crippen LogP contribution in [0.5, 0.6) is 5.75 Å². The fraction of sp³-hybridized carbons (Fsp3) is 0.600. The Morgan fingerprint density at radius 1 is 1.05 bits per heavy atom. The number of hydrogen-bond acceptors (Lipinski definition) is 6. The summed E-state index contributed by atoms with van der Waals surface area (Å²) >= 11 is 1.49. The standard InChI is InChI=1S/C30H45NO5S/c1-11-30(12-2,21-13-14-22(19(5)15-21)36-17-23(32)29(7,8)9)24-16-20(6)26(37-24)27(33)31-25(18(3)4)28(34)35-10/h13-16,18,23,25,32H,11-12,17H2,1-10H3,(H,31,33). The van der Waals surface area contributed by atoms with Gasteiger partial charge in [0.25, 0.3) is 5.91 Å². The Morgan fingerprint density at radius 2 is 1.68 bits per heavy atom. The number of ether oxygens (including phenoxy) is 2. The number of methoxy groups -OCH3 is 1. The van der Waals surface area contributed by atoms with Gasteiger partial charge in [-0.1, -0.05) is 60.6 Å². The number of rotatable bonds is 11. The van der Waals surface area contributed by atoms with Crippen LogP contribution in [0.4, 0.5) is 0 Å². The molecule has 37 heavy (non-hydrogen) atoms. The molecule has 0 saturated heterocycles. The molecule has 0 radical (unpaired) electrons. The zero-order chi connectivity index (χ0) is 28.1. The summed E-state index contributed by atoms with van der Waals surface area (Å²) in [5.74, 6) is -0.0220. The second-order valence-corrected chi connectivity index (χ2v) is 12.4. The summed E-state index contributed by atoms with van der Waals surface area (Å²) in [6, 6.07) is 7.65. The summed E-state index contributed by atoms with van der Waals surface area (Å²) in [4.78, 5) is 27.1. The molecule has 1 aromatic carbocycles. The first-order valence-electron chi connectivity index (χ1n) is 13.1. The third-order valence-corrected chi connectivity index (χ3v) is 8.78. The van der Waals surface area contributed by atoms with Crippen LogP contribution in [0.3, 0.4) is 0 Å². The largest absolute Gasteiger partial charge is 0.491 e. The van der Waals surface area contributed by atoms with Crippen molar-refractivity contribution in [2.45, 2.75) is 92.7 Å². The minimum absolute atomic E-state index is 0.0882. The molecule has 2 aromatic rings. The average Bonchev–Trinajstić information content (AvgIpc) is 3.23. The van der Waals surface area contributed by atoms with E-state index in [1.165, 1.54) is 24.0 Å². The van der Waals surface area contributed by atoms with Crippen LogP contribution in [0.1, 0.15) is 92.5 Å². The fourth-order valence-electron chi connectivity index (χ4n) is 4.45. The van der Waals surface area contributed by atoms with Gasteiger partial charge in [-0.3, -0.25) is 4.79 Å². The van der Waals surface area contributed by atoms with E-state index < -0.39 is 18.1 Å². The summed E-state index contributed by atoms with van der Waals surface area (Å²) in [6.45, 7) is 18.3. The Kier molecular flexibility index (Phi) is 10.4. The first-order valence-corrected chi connectivity index (χ1v) is 13.9. The van der Waals surface area contributed by atoms with Gasteiger partial charge >= 0.3 is 5.97 Å². The van der Waals surface area contributed by atoms with Crippen molar-refractivity contribution in [2.24, 2.45) is 11.3 Å². The molecule has 206 valence electrons. The Hall–Kier alpha value is -2.38. The summed E-state index contributed by atoms with van der Waals surface area (Å²) in [5.41, 5.74) is 2.56. The molecule has 2 unspecified atom stereocenters. The number of aliphatic hydroxyl groups excluding tert-OH is 1. The minimum atomic E-state index is -0.698. The molecule has 1 aromatic heterocycles. The van der Waals surface area contributed by atoms with Crippen molar-refractivity contribution < 1.29 is 24.2 Å². The van der Waals surface area contributed by atoms with Gasteiger partial charge < -0.3 is 19.9 Å². The lowest BCUT2D eigenvalue weighted by atomic mass is 9.74. The number of carbonyl (C=O) groups is 2. The number of aryl methyl sites for hydroxylation is 2. The molecule has 0 spiro atoms. The summed E-state index contributed by atoms with van der Waals surface area (Å²) in [7, 11) is 1.33. The highest BCUT2D eigenvalue weighted by atomic mass is 32.1. The number of benzene rings is 1. The SMILES string of the molecule is CCC(CC)(c1ccc(OCC(O)C(C)(C)C)c(C)c1)c1cc(C)c(C(=O)NC(C(=O)OC)C(C)C)s1. The number of thiophene rings is 1. The third-order valence-electron chi connectivity index (χ3n) is 7.34.